The molecule has 1 aliphatic rings. The molecule has 0 unspecified atom stereocenters. The molecule has 2 aromatic rings. The average molecular weight is 320 g/mol. The number of rotatable bonds is 4. The number of halogens is 1. The maximum Gasteiger partial charge on any atom is 0.229 e. The van der Waals surface area contributed by atoms with Gasteiger partial charge in [-0.1, -0.05) is 29.5 Å². The van der Waals surface area contributed by atoms with Gasteiger partial charge < -0.3 is 10.6 Å². The summed E-state index contributed by atoms with van der Waals surface area (Å²) in [6.07, 6.45) is 2.06. The first-order valence-corrected chi connectivity index (χ1v) is 8.11. The van der Waals surface area contributed by atoms with Gasteiger partial charge in [-0.3, -0.25) is 4.79 Å². The second kappa shape index (κ2) is 6.93. The Morgan fingerprint density at radius 2 is 2.09 bits per heavy atom. The number of benzene rings is 1. The molecular weight excluding hydrogens is 303 g/mol. The van der Waals surface area contributed by atoms with E-state index in [1.54, 1.807) is 18.2 Å². The van der Waals surface area contributed by atoms with Gasteiger partial charge in [0.1, 0.15) is 10.8 Å². The second-order valence-corrected chi connectivity index (χ2v) is 6.34. The molecule has 22 heavy (non-hydrogen) atoms. The minimum atomic E-state index is -0.252. The van der Waals surface area contributed by atoms with E-state index in [4.69, 9.17) is 0 Å². The Kier molecular flexibility index (Phi) is 4.74. The van der Waals surface area contributed by atoms with Crippen molar-refractivity contribution in [3.05, 3.63) is 40.7 Å². The summed E-state index contributed by atoms with van der Waals surface area (Å²) in [5.41, 5.74) is 0.579. The highest BCUT2D eigenvalue weighted by Crippen LogP contribution is 2.21. The van der Waals surface area contributed by atoms with Crippen molar-refractivity contribution in [2.75, 3.05) is 18.4 Å². The maximum absolute atomic E-state index is 13.6. The molecule has 2 heterocycles. The standard InChI is InChI=1S/C15H17FN4OS/c16-12-4-2-1-3-11(12)9-13-19-20-15(22-13)18-14(21)10-5-7-17-8-6-10/h1-4,10,17H,5-9H2,(H,18,20,21). The quantitative estimate of drug-likeness (QED) is 0.906. The molecule has 1 aliphatic heterocycles. The highest BCUT2D eigenvalue weighted by molar-refractivity contribution is 7.15. The summed E-state index contributed by atoms with van der Waals surface area (Å²) in [5.74, 6) is -0.228. The summed E-state index contributed by atoms with van der Waals surface area (Å²) in [6, 6.07) is 6.60. The summed E-state index contributed by atoms with van der Waals surface area (Å²) in [4.78, 5) is 12.1. The van der Waals surface area contributed by atoms with Crippen LogP contribution in [0.2, 0.25) is 0 Å². The first kappa shape index (κ1) is 15.1. The number of hydrogen-bond acceptors (Lipinski definition) is 5. The number of carbonyl (C=O) groups excluding carboxylic acids is 1. The normalized spacial score (nSPS) is 15.7. The SMILES string of the molecule is O=C(Nc1nnc(Cc2ccccc2F)s1)C1CCNCC1. The van der Waals surface area contributed by atoms with Crippen molar-refractivity contribution in [1.29, 1.82) is 0 Å². The van der Waals surface area contributed by atoms with E-state index >= 15 is 0 Å². The molecule has 1 fully saturated rings. The van der Waals surface area contributed by atoms with E-state index < -0.39 is 0 Å². The molecule has 0 bridgehead atoms. The Balaban J connectivity index is 1.61. The van der Waals surface area contributed by atoms with E-state index in [-0.39, 0.29) is 17.6 Å². The van der Waals surface area contributed by atoms with E-state index in [2.05, 4.69) is 20.8 Å². The van der Waals surface area contributed by atoms with E-state index in [1.165, 1.54) is 17.4 Å². The van der Waals surface area contributed by atoms with Crippen LogP contribution in [0.5, 0.6) is 0 Å². The lowest BCUT2D eigenvalue weighted by molar-refractivity contribution is -0.120. The minimum absolute atomic E-state index is 0.00454. The van der Waals surface area contributed by atoms with Crippen molar-refractivity contribution >= 4 is 22.4 Å². The van der Waals surface area contributed by atoms with Gasteiger partial charge in [0.05, 0.1) is 0 Å². The zero-order chi connectivity index (χ0) is 15.4. The predicted octanol–water partition coefficient (Wildman–Crippen LogP) is 2.21. The molecule has 116 valence electrons. The van der Waals surface area contributed by atoms with Crippen molar-refractivity contribution < 1.29 is 9.18 Å². The highest BCUT2D eigenvalue weighted by Gasteiger charge is 2.22. The summed E-state index contributed by atoms with van der Waals surface area (Å²) < 4.78 is 13.6. The number of amides is 1. The number of nitrogens with zero attached hydrogens (tertiary/aromatic N) is 2. The lowest BCUT2D eigenvalue weighted by Crippen LogP contribution is -2.34. The first-order chi connectivity index (χ1) is 10.7. The number of nitrogens with one attached hydrogen (secondary N) is 2. The number of aromatic nitrogens is 2. The summed E-state index contributed by atoms with van der Waals surface area (Å²) in [7, 11) is 0. The smallest absolute Gasteiger partial charge is 0.229 e. The fraction of sp³-hybridized carbons (Fsp3) is 0.400. The van der Waals surface area contributed by atoms with Gasteiger partial charge >= 0.3 is 0 Å². The van der Waals surface area contributed by atoms with Crippen LogP contribution in [0.15, 0.2) is 24.3 Å². The zero-order valence-electron chi connectivity index (χ0n) is 12.0. The van der Waals surface area contributed by atoms with Gasteiger partial charge in [-0.25, -0.2) is 4.39 Å². The molecule has 3 rings (SSSR count). The zero-order valence-corrected chi connectivity index (χ0v) is 12.8. The van der Waals surface area contributed by atoms with Crippen molar-refractivity contribution in [3.63, 3.8) is 0 Å². The van der Waals surface area contributed by atoms with Crippen LogP contribution in [0.3, 0.4) is 0 Å². The molecule has 0 radical (unpaired) electrons. The summed E-state index contributed by atoms with van der Waals surface area (Å²) in [6.45, 7) is 1.74. The predicted molar refractivity (Wildman–Crippen MR) is 83.3 cm³/mol. The molecule has 2 N–H and O–H groups in total. The van der Waals surface area contributed by atoms with Crippen molar-refractivity contribution in [2.24, 2.45) is 5.92 Å². The van der Waals surface area contributed by atoms with Gasteiger partial charge in [0.2, 0.25) is 11.0 Å². The van der Waals surface area contributed by atoms with E-state index in [1.807, 2.05) is 0 Å². The van der Waals surface area contributed by atoms with Crippen LogP contribution in [-0.2, 0) is 11.2 Å². The molecular formula is C15H17FN4OS. The van der Waals surface area contributed by atoms with Crippen molar-refractivity contribution in [1.82, 2.24) is 15.5 Å². The third-order valence-electron chi connectivity index (χ3n) is 3.71. The molecule has 0 atom stereocenters. The van der Waals surface area contributed by atoms with Crippen LogP contribution >= 0.6 is 11.3 Å². The van der Waals surface area contributed by atoms with E-state index in [9.17, 15) is 9.18 Å². The topological polar surface area (TPSA) is 66.9 Å². The Bertz CT molecular complexity index is 654. The molecule has 1 saturated heterocycles. The van der Waals surface area contributed by atoms with Gasteiger partial charge in [0.15, 0.2) is 0 Å². The van der Waals surface area contributed by atoms with E-state index in [0.717, 1.165) is 25.9 Å². The summed E-state index contributed by atoms with van der Waals surface area (Å²) >= 11 is 1.29. The van der Waals surface area contributed by atoms with Gasteiger partial charge in [-0.15, -0.1) is 10.2 Å². The number of carbonyl (C=O) groups is 1. The number of anilines is 1. The van der Waals surface area contributed by atoms with Gasteiger partial charge in [-0.05, 0) is 37.6 Å². The number of piperidine rings is 1. The van der Waals surface area contributed by atoms with Gasteiger partial charge in [0.25, 0.3) is 0 Å². The molecule has 1 amide bonds. The Morgan fingerprint density at radius 1 is 1.32 bits per heavy atom. The third-order valence-corrected chi connectivity index (χ3v) is 4.55. The first-order valence-electron chi connectivity index (χ1n) is 7.30. The highest BCUT2D eigenvalue weighted by atomic mass is 32.1. The molecule has 1 aromatic carbocycles. The van der Waals surface area contributed by atoms with Gasteiger partial charge in [-0.2, -0.15) is 0 Å². The van der Waals surface area contributed by atoms with Crippen LogP contribution in [0.4, 0.5) is 9.52 Å². The van der Waals surface area contributed by atoms with Crippen LogP contribution in [0, 0.1) is 11.7 Å². The Morgan fingerprint density at radius 3 is 2.86 bits per heavy atom. The summed E-state index contributed by atoms with van der Waals surface area (Å²) in [5, 5.41) is 15.2. The molecule has 0 aliphatic carbocycles. The van der Waals surface area contributed by atoms with Crippen molar-refractivity contribution in [2.45, 2.75) is 19.3 Å². The minimum Gasteiger partial charge on any atom is -0.317 e. The van der Waals surface area contributed by atoms with E-state index in [0.29, 0.717) is 22.1 Å². The average Bonchev–Trinajstić information content (AvgIpc) is 2.97. The van der Waals surface area contributed by atoms with Crippen molar-refractivity contribution in [3.8, 4) is 0 Å². The molecule has 0 saturated carbocycles. The van der Waals surface area contributed by atoms with Gasteiger partial charge in [0, 0.05) is 12.3 Å². The number of hydrogen-bond donors (Lipinski definition) is 2. The lowest BCUT2D eigenvalue weighted by Gasteiger charge is -2.20. The molecule has 1 aromatic heterocycles. The second-order valence-electron chi connectivity index (χ2n) is 5.28. The van der Waals surface area contributed by atoms with Crippen LogP contribution in [-0.4, -0.2) is 29.2 Å². The fourth-order valence-electron chi connectivity index (χ4n) is 2.47. The fourth-order valence-corrected chi connectivity index (χ4v) is 3.24. The molecule has 0 spiro atoms. The largest absolute Gasteiger partial charge is 0.317 e. The van der Waals surface area contributed by atoms with Crippen LogP contribution in [0.1, 0.15) is 23.4 Å². The Labute approximate surface area is 132 Å². The maximum atomic E-state index is 13.6. The monoisotopic (exact) mass is 320 g/mol. The lowest BCUT2D eigenvalue weighted by atomic mass is 9.97. The molecule has 5 nitrogen and oxygen atoms in total. The third kappa shape index (κ3) is 3.66. The molecule has 7 heteroatoms. The van der Waals surface area contributed by atoms with Crippen LogP contribution in [0.25, 0.3) is 0 Å². The van der Waals surface area contributed by atoms with Crippen LogP contribution < -0.4 is 10.6 Å². The Hall–Kier alpha value is -1.86.